The highest BCUT2D eigenvalue weighted by atomic mass is 35.5. The molecule has 0 aliphatic carbocycles. The molecule has 0 saturated heterocycles. The molecular formula is C32H21Cl2FN2O4S. The Balaban J connectivity index is 1.55. The number of benzene rings is 3. The van der Waals surface area contributed by atoms with Gasteiger partial charge in [-0.05, 0) is 55.0 Å². The topological polar surface area (TPSA) is 73.8 Å². The molecule has 42 heavy (non-hydrogen) atoms. The third kappa shape index (κ3) is 5.25. The van der Waals surface area contributed by atoms with Crippen LogP contribution in [0.3, 0.4) is 0 Å². The Morgan fingerprint density at radius 3 is 2.50 bits per heavy atom. The van der Waals surface area contributed by atoms with E-state index in [0.29, 0.717) is 47.7 Å². The Kier molecular flexibility index (Phi) is 7.68. The molecule has 5 aromatic rings. The Morgan fingerprint density at radius 1 is 1.02 bits per heavy atom. The smallest absolute Gasteiger partial charge is 0.338 e. The number of thiazole rings is 1. The fourth-order valence-corrected chi connectivity index (χ4v) is 6.04. The van der Waals surface area contributed by atoms with Crippen LogP contribution in [0.15, 0.2) is 105 Å². The van der Waals surface area contributed by atoms with Gasteiger partial charge in [-0.25, -0.2) is 14.2 Å². The maximum absolute atomic E-state index is 14.0. The Labute approximate surface area is 253 Å². The lowest BCUT2D eigenvalue weighted by molar-refractivity contribution is -0.138. The number of fused-ring (bicyclic) bond motifs is 1. The van der Waals surface area contributed by atoms with Crippen molar-refractivity contribution in [3.05, 3.63) is 143 Å². The summed E-state index contributed by atoms with van der Waals surface area (Å²) >= 11 is 13.4. The number of carbonyl (C=O) groups excluding carboxylic acids is 1. The van der Waals surface area contributed by atoms with E-state index in [4.69, 9.17) is 37.3 Å². The number of hydrogen-bond acceptors (Lipinski definition) is 6. The molecular weight excluding hydrogens is 598 g/mol. The molecule has 0 N–H and O–H groups in total. The summed E-state index contributed by atoms with van der Waals surface area (Å²) in [7, 11) is 0. The molecule has 1 aliphatic rings. The fraction of sp³-hybridized carbons (Fsp3) is 0.0938. The van der Waals surface area contributed by atoms with Crippen molar-refractivity contribution in [2.75, 3.05) is 6.61 Å². The minimum absolute atomic E-state index is 0.130. The molecule has 2 aromatic heterocycles. The van der Waals surface area contributed by atoms with Crippen molar-refractivity contribution in [1.29, 1.82) is 0 Å². The molecule has 1 atom stereocenters. The molecule has 6 rings (SSSR count). The van der Waals surface area contributed by atoms with Crippen molar-refractivity contribution in [2.24, 2.45) is 4.99 Å². The maximum atomic E-state index is 14.0. The first-order chi connectivity index (χ1) is 20.3. The Morgan fingerprint density at radius 2 is 1.79 bits per heavy atom. The number of carbonyl (C=O) groups is 1. The van der Waals surface area contributed by atoms with Crippen LogP contribution < -0.4 is 14.9 Å². The van der Waals surface area contributed by atoms with Crippen molar-refractivity contribution in [2.45, 2.75) is 13.0 Å². The number of nitrogens with zero attached hydrogens (tertiary/aromatic N) is 2. The zero-order valence-electron chi connectivity index (χ0n) is 22.0. The first-order valence-electron chi connectivity index (χ1n) is 12.9. The first-order valence-corrected chi connectivity index (χ1v) is 14.5. The molecule has 0 amide bonds. The monoisotopic (exact) mass is 618 g/mol. The summed E-state index contributed by atoms with van der Waals surface area (Å²) in [5.41, 5.74) is 2.14. The van der Waals surface area contributed by atoms with Crippen LogP contribution in [-0.4, -0.2) is 17.1 Å². The molecule has 0 bridgehead atoms. The lowest BCUT2D eigenvalue weighted by atomic mass is 9.93. The van der Waals surface area contributed by atoms with Crippen molar-refractivity contribution in [3.63, 3.8) is 0 Å². The molecule has 3 aromatic carbocycles. The fourth-order valence-electron chi connectivity index (χ4n) is 4.77. The van der Waals surface area contributed by atoms with Gasteiger partial charge in [0, 0.05) is 17.2 Å². The van der Waals surface area contributed by atoms with E-state index in [1.165, 1.54) is 16.7 Å². The highest BCUT2D eigenvalue weighted by Crippen LogP contribution is 2.35. The predicted octanol–water partition coefficient (Wildman–Crippen LogP) is 6.64. The molecule has 0 radical (unpaired) electrons. The van der Waals surface area contributed by atoms with Crippen molar-refractivity contribution < 1.29 is 18.3 Å². The van der Waals surface area contributed by atoms with E-state index in [1.807, 2.05) is 30.3 Å². The third-order valence-electron chi connectivity index (χ3n) is 6.66. The zero-order chi connectivity index (χ0) is 29.4. The van der Waals surface area contributed by atoms with E-state index in [1.54, 1.807) is 55.5 Å². The van der Waals surface area contributed by atoms with Crippen molar-refractivity contribution in [1.82, 2.24) is 4.57 Å². The maximum Gasteiger partial charge on any atom is 0.338 e. The highest BCUT2D eigenvalue weighted by molar-refractivity contribution is 7.07. The van der Waals surface area contributed by atoms with E-state index in [0.717, 1.165) is 16.9 Å². The summed E-state index contributed by atoms with van der Waals surface area (Å²) in [4.78, 5) is 32.6. The van der Waals surface area contributed by atoms with Gasteiger partial charge >= 0.3 is 5.97 Å². The number of rotatable bonds is 6. The summed E-state index contributed by atoms with van der Waals surface area (Å²) < 4.78 is 27.2. The highest BCUT2D eigenvalue weighted by Gasteiger charge is 2.35. The lowest BCUT2D eigenvalue weighted by Gasteiger charge is -2.25. The minimum Gasteiger partial charge on any atom is -0.463 e. The van der Waals surface area contributed by atoms with Crippen LogP contribution >= 0.6 is 34.5 Å². The van der Waals surface area contributed by atoms with E-state index >= 15 is 0 Å². The number of hydrogen-bond donors (Lipinski definition) is 0. The number of halogens is 3. The van der Waals surface area contributed by atoms with Gasteiger partial charge in [0.25, 0.3) is 5.56 Å². The van der Waals surface area contributed by atoms with Gasteiger partial charge in [0.05, 0.1) is 38.5 Å². The predicted molar refractivity (Wildman–Crippen MR) is 162 cm³/mol. The van der Waals surface area contributed by atoms with E-state index in [9.17, 15) is 14.0 Å². The zero-order valence-corrected chi connectivity index (χ0v) is 24.3. The van der Waals surface area contributed by atoms with E-state index in [2.05, 4.69) is 0 Å². The van der Waals surface area contributed by atoms with Crippen LogP contribution in [0.25, 0.3) is 23.1 Å². The summed E-state index contributed by atoms with van der Waals surface area (Å²) in [5, 5.41) is 0.828. The van der Waals surface area contributed by atoms with Gasteiger partial charge < -0.3 is 9.15 Å². The second kappa shape index (κ2) is 11.6. The van der Waals surface area contributed by atoms with Gasteiger partial charge in [0.15, 0.2) is 4.80 Å². The van der Waals surface area contributed by atoms with Crippen molar-refractivity contribution in [3.8, 4) is 11.3 Å². The molecule has 0 unspecified atom stereocenters. The quantitative estimate of drug-likeness (QED) is 0.200. The Bertz CT molecular complexity index is 2030. The van der Waals surface area contributed by atoms with E-state index < -0.39 is 17.8 Å². The van der Waals surface area contributed by atoms with Crippen LogP contribution in [0, 0.1) is 5.82 Å². The molecule has 0 fully saturated rings. The molecule has 6 nitrogen and oxygen atoms in total. The van der Waals surface area contributed by atoms with Gasteiger partial charge in [-0.3, -0.25) is 9.36 Å². The molecule has 1 aliphatic heterocycles. The SMILES string of the molecule is CCOC(=O)C1=C(c2ccccc2)N=c2s/c(=C\c3ccc(-c4ccc(Cl)c(Cl)c4)o3)c(=O)n2[C@H]1c1ccc(F)cc1. The standard InChI is InChI=1S/C32H21Cl2FN2O4S/c1-2-40-31(39)27-28(18-6-4-3-5-7-18)36-32-37(29(27)19-8-11-21(35)12-9-19)30(38)26(42-32)17-22-13-15-25(41-22)20-10-14-23(33)24(34)16-20/h3-17,29H,2H2,1H3/b26-17-/t29-/m0/s1. The number of aromatic nitrogens is 1. The van der Waals surface area contributed by atoms with Gasteiger partial charge in [0.2, 0.25) is 0 Å². The van der Waals surface area contributed by atoms with Crippen LogP contribution in [0.1, 0.15) is 29.9 Å². The summed E-state index contributed by atoms with van der Waals surface area (Å²) in [6, 6.07) is 22.7. The number of ether oxygens (including phenoxy) is 1. The molecule has 0 saturated carbocycles. The largest absolute Gasteiger partial charge is 0.463 e. The number of esters is 1. The second-order valence-electron chi connectivity index (χ2n) is 9.31. The summed E-state index contributed by atoms with van der Waals surface area (Å²) in [6.07, 6.45) is 1.63. The average Bonchev–Trinajstić information content (AvgIpc) is 3.59. The average molecular weight is 620 g/mol. The molecule has 210 valence electrons. The molecule has 3 heterocycles. The van der Waals surface area contributed by atoms with Crippen LogP contribution in [0.5, 0.6) is 0 Å². The molecule has 0 spiro atoms. The van der Waals surface area contributed by atoms with Gasteiger partial charge in [-0.1, -0.05) is 77.0 Å². The second-order valence-corrected chi connectivity index (χ2v) is 11.1. The normalized spacial score (nSPS) is 15.0. The first kappa shape index (κ1) is 27.9. The third-order valence-corrected chi connectivity index (χ3v) is 8.39. The van der Waals surface area contributed by atoms with Gasteiger partial charge in [-0.15, -0.1) is 0 Å². The summed E-state index contributed by atoms with van der Waals surface area (Å²) in [6.45, 7) is 1.84. The van der Waals surface area contributed by atoms with Crippen molar-refractivity contribution >= 4 is 52.3 Å². The summed E-state index contributed by atoms with van der Waals surface area (Å²) in [5.74, 6) is -0.0620. The van der Waals surface area contributed by atoms with Gasteiger partial charge in [-0.2, -0.15) is 0 Å². The van der Waals surface area contributed by atoms with Gasteiger partial charge in [0.1, 0.15) is 17.3 Å². The lowest BCUT2D eigenvalue weighted by Crippen LogP contribution is -2.40. The van der Waals surface area contributed by atoms with Crippen LogP contribution in [-0.2, 0) is 9.53 Å². The van der Waals surface area contributed by atoms with Crippen LogP contribution in [0.2, 0.25) is 10.0 Å². The number of furan rings is 1. The van der Waals surface area contributed by atoms with E-state index in [-0.39, 0.29) is 17.7 Å². The van der Waals surface area contributed by atoms with Crippen LogP contribution in [0.4, 0.5) is 4.39 Å². The molecule has 10 heteroatoms. The Hall–Kier alpha value is -4.24. The minimum atomic E-state index is -0.901.